The van der Waals surface area contributed by atoms with Crippen LogP contribution < -0.4 is 5.32 Å². The first-order chi connectivity index (χ1) is 12.7. The van der Waals surface area contributed by atoms with Crippen molar-refractivity contribution < 1.29 is 13.9 Å². The van der Waals surface area contributed by atoms with Crippen molar-refractivity contribution in [2.24, 2.45) is 0 Å². The van der Waals surface area contributed by atoms with Gasteiger partial charge in [0, 0.05) is 51.6 Å². The van der Waals surface area contributed by atoms with Gasteiger partial charge in [0.05, 0.1) is 6.61 Å². The quantitative estimate of drug-likeness (QED) is 0.862. The number of piperidine rings is 1. The molecule has 26 heavy (non-hydrogen) atoms. The second-order valence-electron chi connectivity index (χ2n) is 6.55. The summed E-state index contributed by atoms with van der Waals surface area (Å²) in [6, 6.07) is 6.16. The molecule has 7 heteroatoms. The highest BCUT2D eigenvalue weighted by Gasteiger charge is 2.27. The minimum absolute atomic E-state index is 0.117. The van der Waals surface area contributed by atoms with Gasteiger partial charge in [-0.3, -0.25) is 0 Å². The van der Waals surface area contributed by atoms with Gasteiger partial charge in [-0.05, 0) is 30.5 Å². The Balaban J connectivity index is 1.57. The molecule has 2 aromatic rings. The molecule has 2 heterocycles. The lowest BCUT2D eigenvalue weighted by Crippen LogP contribution is -2.45. The molecule has 0 bridgehead atoms. The lowest BCUT2D eigenvalue weighted by atomic mass is 9.97. The average molecular weight is 360 g/mol. The molecular formula is C19H25FN4O2. The molecule has 0 aliphatic carbocycles. The van der Waals surface area contributed by atoms with Crippen LogP contribution in [0.25, 0.3) is 0 Å². The van der Waals surface area contributed by atoms with Gasteiger partial charge in [0.2, 0.25) is 0 Å². The summed E-state index contributed by atoms with van der Waals surface area (Å²) in [7, 11) is 1.68. The van der Waals surface area contributed by atoms with E-state index in [4.69, 9.17) is 4.74 Å². The Morgan fingerprint density at radius 3 is 3.15 bits per heavy atom. The fourth-order valence-electron chi connectivity index (χ4n) is 3.37. The van der Waals surface area contributed by atoms with Crippen molar-refractivity contribution in [3.63, 3.8) is 0 Å². The molecule has 1 aliphatic heterocycles. The van der Waals surface area contributed by atoms with Gasteiger partial charge in [-0.2, -0.15) is 0 Å². The molecule has 1 aliphatic rings. The summed E-state index contributed by atoms with van der Waals surface area (Å²) in [6.07, 6.45) is 5.71. The number of aromatic nitrogens is 2. The number of ether oxygens (including phenoxy) is 1. The van der Waals surface area contributed by atoms with E-state index in [9.17, 15) is 9.18 Å². The van der Waals surface area contributed by atoms with Crippen LogP contribution in [0.1, 0.15) is 30.1 Å². The zero-order chi connectivity index (χ0) is 18.4. The average Bonchev–Trinajstić information content (AvgIpc) is 3.13. The maximum atomic E-state index is 13.2. The van der Waals surface area contributed by atoms with E-state index in [1.807, 2.05) is 11.1 Å². The van der Waals surface area contributed by atoms with E-state index in [1.165, 1.54) is 12.1 Å². The predicted octanol–water partition coefficient (Wildman–Crippen LogP) is 2.76. The van der Waals surface area contributed by atoms with Crippen LogP contribution in [-0.2, 0) is 17.8 Å². The number of benzene rings is 1. The van der Waals surface area contributed by atoms with Crippen molar-refractivity contribution in [3.8, 4) is 0 Å². The molecule has 140 valence electrons. The van der Waals surface area contributed by atoms with Crippen LogP contribution in [0.3, 0.4) is 0 Å². The third-order valence-electron chi connectivity index (χ3n) is 4.69. The summed E-state index contributed by atoms with van der Waals surface area (Å²) in [5, 5.41) is 2.88. The van der Waals surface area contributed by atoms with Crippen molar-refractivity contribution in [1.29, 1.82) is 0 Å². The van der Waals surface area contributed by atoms with Crippen LogP contribution in [0.5, 0.6) is 0 Å². The molecule has 2 amide bonds. The summed E-state index contributed by atoms with van der Waals surface area (Å²) >= 11 is 0. The topological polar surface area (TPSA) is 59.4 Å². The third-order valence-corrected chi connectivity index (χ3v) is 4.69. The zero-order valence-corrected chi connectivity index (χ0v) is 15.0. The molecule has 0 spiro atoms. The number of likely N-dealkylation sites (tertiary alicyclic amines) is 1. The lowest BCUT2D eigenvalue weighted by Gasteiger charge is -2.32. The minimum Gasteiger partial charge on any atom is -0.383 e. The SMILES string of the molecule is COCCn1ccnc1[C@H]1CCCN(C(=O)NCc2cccc(F)c2)C1. The Hall–Kier alpha value is -2.41. The third kappa shape index (κ3) is 4.60. The Labute approximate surface area is 153 Å². The highest BCUT2D eigenvalue weighted by molar-refractivity contribution is 5.74. The molecule has 1 saturated heterocycles. The van der Waals surface area contributed by atoms with Crippen LogP contribution in [0.4, 0.5) is 9.18 Å². The molecular weight excluding hydrogens is 335 g/mol. The summed E-state index contributed by atoms with van der Waals surface area (Å²) in [6.45, 7) is 3.07. The van der Waals surface area contributed by atoms with E-state index in [1.54, 1.807) is 25.4 Å². The number of rotatable bonds is 6. The van der Waals surface area contributed by atoms with Crippen LogP contribution in [0, 0.1) is 5.82 Å². The van der Waals surface area contributed by atoms with Gasteiger partial charge in [0.1, 0.15) is 11.6 Å². The van der Waals surface area contributed by atoms with Gasteiger partial charge < -0.3 is 19.5 Å². The van der Waals surface area contributed by atoms with E-state index in [0.29, 0.717) is 19.7 Å². The van der Waals surface area contributed by atoms with Gasteiger partial charge in [-0.15, -0.1) is 0 Å². The first-order valence-corrected chi connectivity index (χ1v) is 8.94. The van der Waals surface area contributed by atoms with E-state index in [2.05, 4.69) is 14.9 Å². The number of halogens is 1. The van der Waals surface area contributed by atoms with Crippen molar-refractivity contribution in [3.05, 3.63) is 53.9 Å². The van der Waals surface area contributed by atoms with Gasteiger partial charge >= 0.3 is 6.03 Å². The van der Waals surface area contributed by atoms with Gasteiger partial charge in [-0.25, -0.2) is 14.2 Å². The number of urea groups is 1. The fourth-order valence-corrected chi connectivity index (χ4v) is 3.37. The monoisotopic (exact) mass is 360 g/mol. The second kappa shape index (κ2) is 8.80. The second-order valence-corrected chi connectivity index (χ2v) is 6.55. The Morgan fingerprint density at radius 1 is 1.46 bits per heavy atom. The predicted molar refractivity (Wildman–Crippen MR) is 96.3 cm³/mol. The number of nitrogens with one attached hydrogen (secondary N) is 1. The normalized spacial score (nSPS) is 17.3. The highest BCUT2D eigenvalue weighted by Crippen LogP contribution is 2.26. The van der Waals surface area contributed by atoms with Crippen molar-refractivity contribution in [2.75, 3.05) is 26.8 Å². The molecule has 1 aromatic carbocycles. The summed E-state index contributed by atoms with van der Waals surface area (Å²) in [5.74, 6) is 0.929. The highest BCUT2D eigenvalue weighted by atomic mass is 19.1. The number of carbonyl (C=O) groups is 1. The molecule has 0 saturated carbocycles. The van der Waals surface area contributed by atoms with Crippen LogP contribution in [0.15, 0.2) is 36.7 Å². The Kier molecular flexibility index (Phi) is 6.22. The van der Waals surface area contributed by atoms with Crippen molar-refractivity contribution in [2.45, 2.75) is 31.8 Å². The van der Waals surface area contributed by atoms with Crippen molar-refractivity contribution >= 4 is 6.03 Å². The molecule has 0 unspecified atom stereocenters. The lowest BCUT2D eigenvalue weighted by molar-refractivity contribution is 0.172. The first-order valence-electron chi connectivity index (χ1n) is 8.94. The van der Waals surface area contributed by atoms with E-state index in [0.717, 1.165) is 37.3 Å². The minimum atomic E-state index is -0.294. The molecule has 1 aromatic heterocycles. The summed E-state index contributed by atoms with van der Waals surface area (Å²) < 4.78 is 20.5. The summed E-state index contributed by atoms with van der Waals surface area (Å²) in [4.78, 5) is 18.8. The van der Waals surface area contributed by atoms with Crippen LogP contribution in [-0.4, -0.2) is 47.3 Å². The standard InChI is InChI=1S/C19H25FN4O2/c1-26-11-10-23-9-7-21-18(23)16-5-3-8-24(14-16)19(25)22-13-15-4-2-6-17(20)12-15/h2,4,6-7,9,12,16H,3,5,8,10-11,13-14H2,1H3,(H,22,25)/t16-/m0/s1. The first kappa shape index (κ1) is 18.4. The number of imidazole rings is 1. The fraction of sp³-hybridized carbons (Fsp3) is 0.474. The van der Waals surface area contributed by atoms with Crippen LogP contribution >= 0.6 is 0 Å². The molecule has 1 fully saturated rings. The number of amides is 2. The number of nitrogens with zero attached hydrogens (tertiary/aromatic N) is 3. The Bertz CT molecular complexity index is 734. The van der Waals surface area contributed by atoms with Crippen LogP contribution in [0.2, 0.25) is 0 Å². The maximum absolute atomic E-state index is 13.2. The molecule has 1 atom stereocenters. The van der Waals surface area contributed by atoms with Gasteiger partial charge in [0.15, 0.2) is 0 Å². The largest absolute Gasteiger partial charge is 0.383 e. The van der Waals surface area contributed by atoms with Gasteiger partial charge in [0.25, 0.3) is 0 Å². The Morgan fingerprint density at radius 2 is 2.35 bits per heavy atom. The number of carbonyl (C=O) groups excluding carboxylic acids is 1. The van der Waals surface area contributed by atoms with E-state index >= 15 is 0 Å². The smallest absolute Gasteiger partial charge is 0.317 e. The molecule has 6 nitrogen and oxygen atoms in total. The maximum Gasteiger partial charge on any atom is 0.317 e. The summed E-state index contributed by atoms with van der Waals surface area (Å²) in [5.41, 5.74) is 0.752. The van der Waals surface area contributed by atoms with Crippen molar-refractivity contribution in [1.82, 2.24) is 19.8 Å². The van der Waals surface area contributed by atoms with E-state index in [-0.39, 0.29) is 17.8 Å². The molecule has 3 rings (SSSR count). The molecule has 1 N–H and O–H groups in total. The van der Waals surface area contributed by atoms with E-state index < -0.39 is 0 Å². The number of hydrogen-bond donors (Lipinski definition) is 1. The zero-order valence-electron chi connectivity index (χ0n) is 15.0. The number of hydrogen-bond acceptors (Lipinski definition) is 3. The number of methoxy groups -OCH3 is 1. The van der Waals surface area contributed by atoms with Gasteiger partial charge in [-0.1, -0.05) is 12.1 Å². The molecule has 0 radical (unpaired) electrons.